The van der Waals surface area contributed by atoms with Gasteiger partial charge in [-0.25, -0.2) is 4.79 Å². The highest BCUT2D eigenvalue weighted by Gasteiger charge is 2.37. The molecule has 1 fully saturated rings. The molecule has 8 heteroatoms. The summed E-state index contributed by atoms with van der Waals surface area (Å²) in [4.78, 5) is 13.2. The minimum absolute atomic E-state index is 0.123. The third-order valence-corrected chi connectivity index (χ3v) is 5.62. The van der Waals surface area contributed by atoms with Crippen molar-refractivity contribution in [2.75, 3.05) is 13.1 Å². The monoisotopic (exact) mass is 513 g/mol. The molecule has 1 N–H and O–H groups in total. The molecule has 32 heavy (non-hydrogen) atoms. The largest absolute Gasteiger partial charge is 0.458 e. The van der Waals surface area contributed by atoms with Crippen LogP contribution in [0.15, 0.2) is 46.9 Å². The quantitative estimate of drug-likeness (QED) is 0.477. The first-order chi connectivity index (χ1) is 15.0. The van der Waals surface area contributed by atoms with Crippen LogP contribution in [0.1, 0.15) is 50.8 Å². The van der Waals surface area contributed by atoms with Gasteiger partial charge in [-0.3, -0.25) is 0 Å². The zero-order chi connectivity index (χ0) is 23.5. The zero-order valence-electron chi connectivity index (χ0n) is 18.3. The number of carbonyl (C=O) groups is 1. The number of esters is 1. The molecule has 1 aliphatic heterocycles. The predicted molar refractivity (Wildman–Crippen MR) is 120 cm³/mol. The number of halogens is 4. The van der Waals surface area contributed by atoms with E-state index in [4.69, 9.17) is 9.47 Å². The summed E-state index contributed by atoms with van der Waals surface area (Å²) in [5.74, 6) is -0.716. The highest BCUT2D eigenvalue weighted by molar-refractivity contribution is 9.10. The fourth-order valence-corrected chi connectivity index (χ4v) is 4.35. The number of piperidine rings is 1. The Morgan fingerprint density at radius 2 is 1.84 bits per heavy atom. The van der Waals surface area contributed by atoms with Gasteiger partial charge in [-0.05, 0) is 57.9 Å². The molecule has 0 radical (unpaired) electrons. The maximum Gasteiger partial charge on any atom is 0.416 e. The number of hydrogen-bond acceptors (Lipinski definition) is 4. The van der Waals surface area contributed by atoms with Crippen molar-refractivity contribution in [1.29, 1.82) is 0 Å². The fourth-order valence-electron chi connectivity index (χ4n) is 3.65. The normalized spacial score (nSPS) is 18.3. The van der Waals surface area contributed by atoms with Crippen LogP contribution in [0, 0.1) is 0 Å². The van der Waals surface area contributed by atoms with E-state index in [-0.39, 0.29) is 16.1 Å². The Labute approximate surface area is 194 Å². The van der Waals surface area contributed by atoms with Crippen LogP contribution in [0.4, 0.5) is 13.2 Å². The standard InChI is InChI=1S/C24H27BrF3NO3/c1-23(2,3)32-22(30)21(31-17-10-7-11-29-14-17)18-12-16(24(26,27)28)13-19(25)20(18)15-8-5-4-6-9-15/h4-6,8-9,12-13,17,21,29H,7,10-11,14H2,1-3H3. The van der Waals surface area contributed by atoms with Crippen molar-refractivity contribution in [3.05, 3.63) is 58.1 Å². The van der Waals surface area contributed by atoms with E-state index in [9.17, 15) is 18.0 Å². The van der Waals surface area contributed by atoms with E-state index in [1.54, 1.807) is 45.0 Å². The smallest absolute Gasteiger partial charge is 0.416 e. The summed E-state index contributed by atoms with van der Waals surface area (Å²) in [7, 11) is 0. The second-order valence-electron chi connectivity index (χ2n) is 8.80. The number of ether oxygens (including phenoxy) is 2. The van der Waals surface area contributed by atoms with Crippen LogP contribution in [0.3, 0.4) is 0 Å². The van der Waals surface area contributed by atoms with Crippen molar-refractivity contribution in [1.82, 2.24) is 5.32 Å². The van der Waals surface area contributed by atoms with Gasteiger partial charge in [-0.1, -0.05) is 46.3 Å². The van der Waals surface area contributed by atoms with E-state index in [1.807, 2.05) is 6.07 Å². The van der Waals surface area contributed by atoms with Crippen molar-refractivity contribution >= 4 is 21.9 Å². The van der Waals surface area contributed by atoms with E-state index in [2.05, 4.69) is 21.2 Å². The molecule has 2 aromatic carbocycles. The molecule has 0 spiro atoms. The van der Waals surface area contributed by atoms with E-state index in [0.717, 1.165) is 25.1 Å². The third kappa shape index (κ3) is 6.33. The molecule has 2 aromatic rings. The second-order valence-corrected chi connectivity index (χ2v) is 9.66. The van der Waals surface area contributed by atoms with Crippen molar-refractivity contribution in [3.8, 4) is 11.1 Å². The van der Waals surface area contributed by atoms with Crippen LogP contribution in [0.25, 0.3) is 11.1 Å². The first-order valence-corrected chi connectivity index (χ1v) is 11.3. The first kappa shape index (κ1) is 24.7. The topological polar surface area (TPSA) is 47.6 Å². The number of benzene rings is 2. The molecule has 4 nitrogen and oxygen atoms in total. The van der Waals surface area contributed by atoms with Gasteiger partial charge in [0.15, 0.2) is 6.10 Å². The van der Waals surface area contributed by atoms with Gasteiger partial charge in [0.25, 0.3) is 0 Å². The predicted octanol–water partition coefficient (Wildman–Crippen LogP) is 6.29. The van der Waals surface area contributed by atoms with Crippen molar-refractivity contribution in [2.24, 2.45) is 0 Å². The van der Waals surface area contributed by atoms with E-state index >= 15 is 0 Å². The lowest BCUT2D eigenvalue weighted by molar-refractivity contribution is -0.173. The molecular weight excluding hydrogens is 487 g/mol. The van der Waals surface area contributed by atoms with Crippen LogP contribution >= 0.6 is 15.9 Å². The van der Waals surface area contributed by atoms with Crippen LogP contribution in [0.5, 0.6) is 0 Å². The Balaban J connectivity index is 2.17. The number of alkyl halides is 3. The van der Waals surface area contributed by atoms with Gasteiger partial charge < -0.3 is 14.8 Å². The molecule has 174 valence electrons. The molecule has 1 heterocycles. The molecule has 3 rings (SSSR count). The molecule has 0 bridgehead atoms. The Hall–Kier alpha value is -1.90. The van der Waals surface area contributed by atoms with E-state index in [0.29, 0.717) is 24.1 Å². The zero-order valence-corrected chi connectivity index (χ0v) is 19.8. The summed E-state index contributed by atoms with van der Waals surface area (Å²) in [6, 6.07) is 11.0. The van der Waals surface area contributed by atoms with Gasteiger partial charge in [-0.15, -0.1) is 0 Å². The summed E-state index contributed by atoms with van der Waals surface area (Å²) < 4.78 is 53.0. The van der Waals surface area contributed by atoms with E-state index < -0.39 is 29.4 Å². The average Bonchev–Trinajstić information content (AvgIpc) is 2.71. The molecule has 0 saturated carbocycles. The average molecular weight is 514 g/mol. The highest BCUT2D eigenvalue weighted by atomic mass is 79.9. The van der Waals surface area contributed by atoms with Gasteiger partial charge in [0.2, 0.25) is 0 Å². The van der Waals surface area contributed by atoms with Crippen LogP contribution in [0.2, 0.25) is 0 Å². The van der Waals surface area contributed by atoms with Crippen molar-refractivity contribution in [2.45, 2.75) is 57.6 Å². The number of nitrogens with one attached hydrogen (secondary N) is 1. The highest BCUT2D eigenvalue weighted by Crippen LogP contribution is 2.42. The van der Waals surface area contributed by atoms with E-state index in [1.165, 1.54) is 0 Å². The Morgan fingerprint density at radius 1 is 1.16 bits per heavy atom. The third-order valence-electron chi connectivity index (χ3n) is 4.99. The van der Waals surface area contributed by atoms with Crippen molar-refractivity contribution in [3.63, 3.8) is 0 Å². The molecule has 1 aliphatic rings. The summed E-state index contributed by atoms with van der Waals surface area (Å²) >= 11 is 3.31. The Kier molecular flexibility index (Phi) is 7.68. The van der Waals surface area contributed by atoms with Crippen LogP contribution in [-0.2, 0) is 20.4 Å². The van der Waals surface area contributed by atoms with Gasteiger partial charge >= 0.3 is 12.1 Å². The summed E-state index contributed by atoms with van der Waals surface area (Å²) in [5.41, 5.74) is -0.425. The van der Waals surface area contributed by atoms with Crippen molar-refractivity contribution < 1.29 is 27.4 Å². The molecule has 1 saturated heterocycles. The SMILES string of the molecule is CC(C)(C)OC(=O)C(OC1CCCNC1)c1cc(C(F)(F)F)cc(Br)c1-c1ccccc1. The van der Waals surface area contributed by atoms with Gasteiger partial charge in [0.1, 0.15) is 5.60 Å². The fraction of sp³-hybridized carbons (Fsp3) is 0.458. The lowest BCUT2D eigenvalue weighted by Gasteiger charge is -2.31. The van der Waals surface area contributed by atoms with Crippen LogP contribution in [-0.4, -0.2) is 30.8 Å². The Bertz CT molecular complexity index is 936. The molecule has 2 unspecified atom stereocenters. The maximum absolute atomic E-state index is 13.7. The minimum atomic E-state index is -4.59. The molecule has 0 amide bonds. The summed E-state index contributed by atoms with van der Waals surface area (Å²) in [6.07, 6.45) is -4.67. The van der Waals surface area contributed by atoms with Gasteiger partial charge in [0.05, 0.1) is 11.7 Å². The number of hydrogen-bond donors (Lipinski definition) is 1. The number of rotatable bonds is 5. The second kappa shape index (κ2) is 9.93. The first-order valence-electron chi connectivity index (χ1n) is 10.5. The number of carbonyl (C=O) groups excluding carboxylic acids is 1. The van der Waals surface area contributed by atoms with Crippen LogP contribution < -0.4 is 5.32 Å². The molecule has 0 aliphatic carbocycles. The minimum Gasteiger partial charge on any atom is -0.458 e. The van der Waals surface area contributed by atoms with Gasteiger partial charge in [0, 0.05) is 22.1 Å². The molecule has 0 aromatic heterocycles. The van der Waals surface area contributed by atoms with Gasteiger partial charge in [-0.2, -0.15) is 13.2 Å². The lowest BCUT2D eigenvalue weighted by Crippen LogP contribution is -2.38. The summed E-state index contributed by atoms with van der Waals surface area (Å²) in [5, 5.41) is 3.21. The molecule has 2 atom stereocenters. The summed E-state index contributed by atoms with van der Waals surface area (Å²) in [6.45, 7) is 6.49. The molecular formula is C24H27BrF3NO3. The Morgan fingerprint density at radius 3 is 2.41 bits per heavy atom. The lowest BCUT2D eigenvalue weighted by atomic mass is 9.93. The maximum atomic E-state index is 13.7.